The van der Waals surface area contributed by atoms with Crippen LogP contribution in [-0.2, 0) is 6.42 Å². The molecule has 17 heavy (non-hydrogen) atoms. The third-order valence-electron chi connectivity index (χ3n) is 3.31. The van der Waals surface area contributed by atoms with E-state index in [1.165, 1.54) is 0 Å². The Bertz CT molecular complexity index is 412. The van der Waals surface area contributed by atoms with Gasteiger partial charge in [0.25, 0.3) is 0 Å². The highest BCUT2D eigenvalue weighted by Gasteiger charge is 2.23. The van der Waals surface area contributed by atoms with Crippen molar-refractivity contribution in [3.8, 4) is 0 Å². The molecule has 0 bridgehead atoms. The van der Waals surface area contributed by atoms with E-state index in [-0.39, 0.29) is 11.1 Å². The number of hydrogen-bond donors (Lipinski definition) is 3. The van der Waals surface area contributed by atoms with Gasteiger partial charge in [-0.1, -0.05) is 13.8 Å². The average molecular weight is 236 g/mol. The molecule has 1 aromatic carbocycles. The summed E-state index contributed by atoms with van der Waals surface area (Å²) in [6, 6.07) is 4.85. The molecule has 0 aliphatic carbocycles. The van der Waals surface area contributed by atoms with Crippen molar-refractivity contribution in [2.45, 2.75) is 38.6 Å². The minimum atomic E-state index is -0.936. The first-order valence-corrected chi connectivity index (χ1v) is 5.82. The second-order valence-electron chi connectivity index (χ2n) is 4.47. The number of nitrogen functional groups attached to an aromatic ring is 1. The van der Waals surface area contributed by atoms with Gasteiger partial charge in [-0.2, -0.15) is 0 Å². The van der Waals surface area contributed by atoms with Gasteiger partial charge in [-0.3, -0.25) is 0 Å². The first-order valence-electron chi connectivity index (χ1n) is 5.82. The van der Waals surface area contributed by atoms with Gasteiger partial charge in [-0.25, -0.2) is 4.79 Å². The normalized spacial score (nSPS) is 11.5. The van der Waals surface area contributed by atoms with Crippen molar-refractivity contribution in [3.63, 3.8) is 0 Å². The Morgan fingerprint density at radius 2 is 1.94 bits per heavy atom. The molecule has 4 heteroatoms. The maximum absolute atomic E-state index is 11.1. The van der Waals surface area contributed by atoms with Crippen LogP contribution in [-0.4, -0.2) is 16.6 Å². The van der Waals surface area contributed by atoms with Crippen LogP contribution < -0.4 is 11.5 Å². The molecule has 0 unspecified atom stereocenters. The second-order valence-corrected chi connectivity index (χ2v) is 4.47. The van der Waals surface area contributed by atoms with Gasteiger partial charge >= 0.3 is 5.97 Å². The number of carbonyl (C=O) groups is 1. The van der Waals surface area contributed by atoms with Crippen molar-refractivity contribution in [1.82, 2.24) is 0 Å². The summed E-state index contributed by atoms with van der Waals surface area (Å²) in [5, 5.41) is 9.12. The highest BCUT2D eigenvalue weighted by atomic mass is 16.4. The van der Waals surface area contributed by atoms with Crippen LogP contribution in [0.2, 0.25) is 0 Å². The number of nitrogens with two attached hydrogens (primary N) is 2. The molecular formula is C13H20N2O2. The topological polar surface area (TPSA) is 89.3 Å². The summed E-state index contributed by atoms with van der Waals surface area (Å²) in [7, 11) is 0. The van der Waals surface area contributed by atoms with Crippen molar-refractivity contribution in [2.24, 2.45) is 5.73 Å². The van der Waals surface area contributed by atoms with Gasteiger partial charge in [-0.15, -0.1) is 0 Å². The van der Waals surface area contributed by atoms with Crippen LogP contribution in [0.25, 0.3) is 0 Å². The van der Waals surface area contributed by atoms with Gasteiger partial charge in [0.05, 0.1) is 5.56 Å². The summed E-state index contributed by atoms with van der Waals surface area (Å²) >= 11 is 0. The Morgan fingerprint density at radius 3 is 2.41 bits per heavy atom. The Morgan fingerprint density at radius 1 is 1.35 bits per heavy atom. The van der Waals surface area contributed by atoms with Crippen molar-refractivity contribution in [2.75, 3.05) is 5.73 Å². The van der Waals surface area contributed by atoms with Gasteiger partial charge in [0, 0.05) is 11.2 Å². The van der Waals surface area contributed by atoms with E-state index in [2.05, 4.69) is 0 Å². The number of aromatic carboxylic acids is 1. The summed E-state index contributed by atoms with van der Waals surface area (Å²) in [6.45, 7) is 4.02. The van der Waals surface area contributed by atoms with E-state index >= 15 is 0 Å². The Hall–Kier alpha value is -1.55. The molecule has 0 amide bonds. The number of anilines is 1. The van der Waals surface area contributed by atoms with E-state index in [1.807, 2.05) is 13.8 Å². The fourth-order valence-electron chi connectivity index (χ4n) is 1.85. The molecule has 0 saturated carbocycles. The molecule has 0 aromatic heterocycles. The molecule has 0 heterocycles. The molecule has 0 aliphatic rings. The third-order valence-corrected chi connectivity index (χ3v) is 3.31. The monoisotopic (exact) mass is 236 g/mol. The fourth-order valence-corrected chi connectivity index (χ4v) is 1.85. The summed E-state index contributed by atoms with van der Waals surface area (Å²) < 4.78 is 0. The predicted octanol–water partition coefficient (Wildman–Crippen LogP) is 2.03. The van der Waals surface area contributed by atoms with Gasteiger partial charge in [0.2, 0.25) is 0 Å². The molecule has 0 atom stereocenters. The van der Waals surface area contributed by atoms with Crippen LogP contribution in [0.1, 0.15) is 42.6 Å². The van der Waals surface area contributed by atoms with Crippen LogP contribution in [0.4, 0.5) is 5.69 Å². The lowest BCUT2D eigenvalue weighted by Crippen LogP contribution is -2.41. The number of benzene rings is 1. The van der Waals surface area contributed by atoms with Crippen LogP contribution in [0, 0.1) is 0 Å². The minimum Gasteiger partial charge on any atom is -0.478 e. The highest BCUT2D eigenvalue weighted by molar-refractivity contribution is 5.90. The Labute approximate surface area is 102 Å². The number of carboxylic acid groups (broad SMARTS) is 1. The van der Waals surface area contributed by atoms with Crippen LogP contribution >= 0.6 is 0 Å². The first-order chi connectivity index (χ1) is 7.91. The van der Waals surface area contributed by atoms with Crippen LogP contribution in [0.5, 0.6) is 0 Å². The van der Waals surface area contributed by atoms with Crippen molar-refractivity contribution in [1.29, 1.82) is 0 Å². The zero-order chi connectivity index (χ0) is 13.1. The van der Waals surface area contributed by atoms with Crippen LogP contribution in [0.15, 0.2) is 18.2 Å². The molecule has 1 rings (SSSR count). The molecular weight excluding hydrogens is 216 g/mol. The number of rotatable bonds is 5. The lowest BCUT2D eigenvalue weighted by atomic mass is 9.85. The number of hydrogen-bond acceptors (Lipinski definition) is 3. The van der Waals surface area contributed by atoms with Crippen molar-refractivity contribution >= 4 is 11.7 Å². The lowest BCUT2D eigenvalue weighted by Gasteiger charge is -2.27. The molecule has 4 nitrogen and oxygen atoms in total. The standard InChI is InChI=1S/C13H20N2O2/c1-3-13(15,4-2)8-9-7-10(14)5-6-11(9)12(16)17/h5-7H,3-4,8,14-15H2,1-2H3,(H,16,17). The molecule has 5 N–H and O–H groups in total. The Kier molecular flexibility index (Phi) is 4.12. The predicted molar refractivity (Wildman–Crippen MR) is 69.0 cm³/mol. The maximum atomic E-state index is 11.1. The molecule has 1 aromatic rings. The van der Waals surface area contributed by atoms with E-state index in [0.29, 0.717) is 17.7 Å². The fraction of sp³-hybridized carbons (Fsp3) is 0.462. The van der Waals surface area contributed by atoms with E-state index < -0.39 is 5.97 Å². The van der Waals surface area contributed by atoms with Crippen molar-refractivity contribution < 1.29 is 9.90 Å². The summed E-state index contributed by atoms with van der Waals surface area (Å²) in [5.74, 6) is -0.936. The average Bonchev–Trinajstić information content (AvgIpc) is 2.28. The largest absolute Gasteiger partial charge is 0.478 e. The summed E-state index contributed by atoms with van der Waals surface area (Å²) in [4.78, 5) is 11.1. The minimum absolute atomic E-state index is 0.288. The zero-order valence-corrected chi connectivity index (χ0v) is 10.4. The van der Waals surface area contributed by atoms with Gasteiger partial charge < -0.3 is 16.6 Å². The van der Waals surface area contributed by atoms with E-state index in [1.54, 1.807) is 18.2 Å². The molecule has 0 fully saturated rings. The quantitative estimate of drug-likeness (QED) is 0.682. The second kappa shape index (κ2) is 5.19. The van der Waals surface area contributed by atoms with E-state index in [9.17, 15) is 4.79 Å². The molecule has 94 valence electrons. The van der Waals surface area contributed by atoms with E-state index in [0.717, 1.165) is 12.8 Å². The van der Waals surface area contributed by atoms with Gasteiger partial charge in [-0.05, 0) is 43.0 Å². The number of carboxylic acids is 1. The summed E-state index contributed by atoms with van der Waals surface area (Å²) in [5.41, 5.74) is 13.1. The molecule has 0 radical (unpaired) electrons. The SMILES string of the molecule is CCC(N)(CC)Cc1cc(N)ccc1C(=O)O. The highest BCUT2D eigenvalue weighted by Crippen LogP contribution is 2.22. The lowest BCUT2D eigenvalue weighted by molar-refractivity contribution is 0.0695. The molecule has 0 spiro atoms. The Balaban J connectivity index is 3.12. The zero-order valence-electron chi connectivity index (χ0n) is 10.4. The summed E-state index contributed by atoms with van der Waals surface area (Å²) in [6.07, 6.45) is 2.14. The van der Waals surface area contributed by atoms with Gasteiger partial charge in [0.1, 0.15) is 0 Å². The molecule has 0 aliphatic heterocycles. The van der Waals surface area contributed by atoms with Crippen molar-refractivity contribution in [3.05, 3.63) is 29.3 Å². The maximum Gasteiger partial charge on any atom is 0.335 e. The van der Waals surface area contributed by atoms with Gasteiger partial charge in [0.15, 0.2) is 0 Å². The smallest absolute Gasteiger partial charge is 0.335 e. The first kappa shape index (κ1) is 13.5. The van der Waals surface area contributed by atoms with Crippen LogP contribution in [0.3, 0.4) is 0 Å². The van der Waals surface area contributed by atoms with E-state index in [4.69, 9.17) is 16.6 Å². The third kappa shape index (κ3) is 3.20. The molecule has 0 saturated heterocycles.